The first-order valence-electron chi connectivity index (χ1n) is 6.73. The molecule has 1 amide bonds. The van der Waals surface area contributed by atoms with Crippen molar-refractivity contribution in [2.45, 2.75) is 26.4 Å². The number of hydrogen-bond donors (Lipinski definition) is 1. The monoisotopic (exact) mass is 271 g/mol. The van der Waals surface area contributed by atoms with Gasteiger partial charge in [-0.2, -0.15) is 0 Å². The molecule has 5 nitrogen and oxygen atoms in total. The van der Waals surface area contributed by atoms with Crippen LogP contribution >= 0.6 is 0 Å². The van der Waals surface area contributed by atoms with E-state index in [0.29, 0.717) is 12.1 Å². The number of pyridine rings is 1. The first-order valence-corrected chi connectivity index (χ1v) is 6.73. The Balaban J connectivity index is 1.93. The van der Waals surface area contributed by atoms with Crippen molar-refractivity contribution in [3.8, 4) is 0 Å². The highest BCUT2D eigenvalue weighted by Gasteiger charge is 2.28. The van der Waals surface area contributed by atoms with Crippen LogP contribution in [-0.2, 0) is 6.54 Å². The van der Waals surface area contributed by atoms with Gasteiger partial charge in [0.05, 0.1) is 6.04 Å². The third kappa shape index (κ3) is 1.95. The first-order chi connectivity index (χ1) is 9.58. The first kappa shape index (κ1) is 12.7. The predicted molar refractivity (Wildman–Crippen MR) is 75.7 cm³/mol. The number of H-pyrrole nitrogens is 1. The fourth-order valence-electron chi connectivity index (χ4n) is 2.84. The Labute approximate surface area is 116 Å². The Kier molecular flexibility index (Phi) is 2.97. The minimum Gasteiger partial charge on any atom is -0.345 e. The molecule has 0 aliphatic carbocycles. The van der Waals surface area contributed by atoms with Gasteiger partial charge in [-0.1, -0.05) is 0 Å². The molecule has 2 aromatic rings. The molecule has 3 heterocycles. The molecular weight excluding hydrogens is 254 g/mol. The van der Waals surface area contributed by atoms with Crippen LogP contribution in [0.3, 0.4) is 0 Å². The Morgan fingerprint density at radius 3 is 2.85 bits per heavy atom. The van der Waals surface area contributed by atoms with E-state index in [-0.39, 0.29) is 17.5 Å². The van der Waals surface area contributed by atoms with Crippen LogP contribution in [0.5, 0.6) is 0 Å². The van der Waals surface area contributed by atoms with Gasteiger partial charge in [0, 0.05) is 42.3 Å². The average Bonchev–Trinajstić information content (AvgIpc) is 2.81. The van der Waals surface area contributed by atoms with Crippen molar-refractivity contribution in [2.75, 3.05) is 6.54 Å². The minimum absolute atomic E-state index is 0.0178. The molecule has 3 rings (SSSR count). The van der Waals surface area contributed by atoms with E-state index in [4.69, 9.17) is 0 Å². The number of aromatic nitrogens is 2. The third-order valence-corrected chi connectivity index (χ3v) is 3.98. The summed E-state index contributed by atoms with van der Waals surface area (Å²) in [7, 11) is 0. The van der Waals surface area contributed by atoms with E-state index in [0.717, 1.165) is 12.2 Å². The van der Waals surface area contributed by atoms with E-state index in [9.17, 15) is 9.59 Å². The molecule has 104 valence electrons. The Hall–Kier alpha value is -2.30. The summed E-state index contributed by atoms with van der Waals surface area (Å²) < 4.78 is 2.24. The molecule has 1 aliphatic rings. The SMILES string of the molecule is Cc1ccc2n1CCN(C(=O)c1cc[nH]c(=O)c1)C2C. The quantitative estimate of drug-likeness (QED) is 0.858. The van der Waals surface area contributed by atoms with E-state index < -0.39 is 0 Å². The molecule has 1 N–H and O–H groups in total. The fraction of sp³-hybridized carbons (Fsp3) is 0.333. The maximum absolute atomic E-state index is 12.5. The number of fused-ring (bicyclic) bond motifs is 1. The lowest BCUT2D eigenvalue weighted by molar-refractivity contribution is 0.0642. The van der Waals surface area contributed by atoms with E-state index in [1.54, 1.807) is 6.07 Å². The molecule has 0 bridgehead atoms. The van der Waals surface area contributed by atoms with Gasteiger partial charge in [0.1, 0.15) is 0 Å². The Bertz CT molecular complexity index is 714. The normalized spacial score (nSPS) is 17.9. The van der Waals surface area contributed by atoms with Gasteiger partial charge in [-0.05, 0) is 32.0 Å². The van der Waals surface area contributed by atoms with Crippen LogP contribution in [0, 0.1) is 6.92 Å². The summed E-state index contributed by atoms with van der Waals surface area (Å²) >= 11 is 0. The van der Waals surface area contributed by atoms with Crippen molar-refractivity contribution in [1.82, 2.24) is 14.5 Å². The lowest BCUT2D eigenvalue weighted by atomic mass is 10.1. The van der Waals surface area contributed by atoms with Gasteiger partial charge >= 0.3 is 0 Å². The van der Waals surface area contributed by atoms with Crippen LogP contribution in [0.1, 0.15) is 34.7 Å². The van der Waals surface area contributed by atoms with E-state index in [2.05, 4.69) is 28.6 Å². The van der Waals surface area contributed by atoms with Gasteiger partial charge in [-0.3, -0.25) is 9.59 Å². The summed E-state index contributed by atoms with van der Waals surface area (Å²) in [5.74, 6) is -0.0892. The van der Waals surface area contributed by atoms with Crippen molar-refractivity contribution >= 4 is 5.91 Å². The molecule has 2 aromatic heterocycles. The molecular formula is C15H17N3O2. The summed E-state index contributed by atoms with van der Waals surface area (Å²) in [5.41, 5.74) is 2.55. The van der Waals surface area contributed by atoms with Gasteiger partial charge in [-0.25, -0.2) is 0 Å². The van der Waals surface area contributed by atoms with Gasteiger partial charge in [0.2, 0.25) is 5.56 Å². The summed E-state index contributed by atoms with van der Waals surface area (Å²) in [6.45, 7) is 5.56. The number of nitrogens with one attached hydrogen (secondary N) is 1. The number of amides is 1. The number of carbonyl (C=O) groups is 1. The second-order valence-electron chi connectivity index (χ2n) is 5.17. The molecule has 1 atom stereocenters. The number of nitrogens with zero attached hydrogens (tertiary/aromatic N) is 2. The third-order valence-electron chi connectivity index (χ3n) is 3.98. The maximum Gasteiger partial charge on any atom is 0.254 e. The molecule has 0 saturated heterocycles. The predicted octanol–water partition coefficient (Wildman–Crippen LogP) is 1.70. The van der Waals surface area contributed by atoms with E-state index in [1.807, 2.05) is 11.8 Å². The average molecular weight is 271 g/mol. The molecule has 1 unspecified atom stereocenters. The lowest BCUT2D eigenvalue weighted by Crippen LogP contribution is -2.41. The Morgan fingerprint density at radius 2 is 2.10 bits per heavy atom. The molecule has 1 aliphatic heterocycles. The second kappa shape index (κ2) is 4.67. The van der Waals surface area contributed by atoms with Gasteiger partial charge in [-0.15, -0.1) is 0 Å². The standard InChI is InChI=1S/C15H17N3O2/c1-10-3-4-13-11(2)18(8-7-17(10)13)15(20)12-5-6-16-14(19)9-12/h3-6,9,11H,7-8H2,1-2H3,(H,16,19). The van der Waals surface area contributed by atoms with Crippen molar-refractivity contribution in [1.29, 1.82) is 0 Å². The largest absolute Gasteiger partial charge is 0.345 e. The van der Waals surface area contributed by atoms with Gasteiger partial charge in [0.15, 0.2) is 0 Å². The maximum atomic E-state index is 12.5. The highest BCUT2D eigenvalue weighted by atomic mass is 16.2. The number of aryl methyl sites for hydroxylation is 1. The van der Waals surface area contributed by atoms with Crippen molar-refractivity contribution in [3.63, 3.8) is 0 Å². The minimum atomic E-state index is -0.250. The smallest absolute Gasteiger partial charge is 0.254 e. The van der Waals surface area contributed by atoms with E-state index in [1.165, 1.54) is 18.0 Å². The number of carbonyl (C=O) groups excluding carboxylic acids is 1. The molecule has 0 saturated carbocycles. The highest BCUT2D eigenvalue weighted by molar-refractivity contribution is 5.94. The molecule has 0 fully saturated rings. The zero-order valence-corrected chi connectivity index (χ0v) is 11.6. The van der Waals surface area contributed by atoms with Crippen LogP contribution in [0.4, 0.5) is 0 Å². The molecule has 20 heavy (non-hydrogen) atoms. The summed E-state index contributed by atoms with van der Waals surface area (Å²) in [5, 5.41) is 0. The van der Waals surface area contributed by atoms with Crippen LogP contribution in [-0.4, -0.2) is 26.9 Å². The summed E-state index contributed by atoms with van der Waals surface area (Å²) in [6.07, 6.45) is 1.51. The Morgan fingerprint density at radius 1 is 1.30 bits per heavy atom. The van der Waals surface area contributed by atoms with Crippen LogP contribution in [0.15, 0.2) is 35.3 Å². The van der Waals surface area contributed by atoms with Gasteiger partial charge in [0.25, 0.3) is 5.91 Å². The topological polar surface area (TPSA) is 58.1 Å². The van der Waals surface area contributed by atoms with Crippen LogP contribution in [0.25, 0.3) is 0 Å². The van der Waals surface area contributed by atoms with Crippen molar-refractivity contribution < 1.29 is 4.79 Å². The van der Waals surface area contributed by atoms with Crippen molar-refractivity contribution in [3.05, 3.63) is 57.8 Å². The van der Waals surface area contributed by atoms with Gasteiger partial charge < -0.3 is 14.5 Å². The molecule has 5 heteroatoms. The second-order valence-corrected chi connectivity index (χ2v) is 5.17. The summed E-state index contributed by atoms with van der Waals surface area (Å²) in [4.78, 5) is 28.2. The molecule has 0 spiro atoms. The lowest BCUT2D eigenvalue weighted by Gasteiger charge is -2.35. The van der Waals surface area contributed by atoms with Crippen LogP contribution in [0.2, 0.25) is 0 Å². The fourth-order valence-corrected chi connectivity index (χ4v) is 2.84. The number of hydrogen-bond acceptors (Lipinski definition) is 2. The summed E-state index contributed by atoms with van der Waals surface area (Å²) in [6, 6.07) is 7.16. The van der Waals surface area contributed by atoms with Crippen LogP contribution < -0.4 is 5.56 Å². The van der Waals surface area contributed by atoms with E-state index >= 15 is 0 Å². The number of aromatic amines is 1. The number of rotatable bonds is 1. The van der Waals surface area contributed by atoms with Crippen molar-refractivity contribution in [2.24, 2.45) is 0 Å². The molecule has 0 aromatic carbocycles. The molecule has 0 radical (unpaired) electrons. The highest BCUT2D eigenvalue weighted by Crippen LogP contribution is 2.28. The zero-order valence-electron chi connectivity index (χ0n) is 11.6. The zero-order chi connectivity index (χ0) is 14.3.